The molecule has 6 heteroatoms. The number of rotatable bonds is 9. The number of anilines is 1. The number of imidazole rings is 1. The van der Waals surface area contributed by atoms with Gasteiger partial charge in [0.2, 0.25) is 0 Å². The van der Waals surface area contributed by atoms with E-state index in [0.717, 1.165) is 64.3 Å². The molecule has 0 N–H and O–H groups in total. The summed E-state index contributed by atoms with van der Waals surface area (Å²) < 4.78 is 13.7. The topological polar surface area (TPSA) is 39.0 Å². The van der Waals surface area contributed by atoms with Crippen molar-refractivity contribution >= 4 is 23.2 Å². The molecule has 3 aromatic rings. The molecule has 1 aromatic carbocycles. The third-order valence-corrected chi connectivity index (χ3v) is 6.34. The Morgan fingerprint density at radius 3 is 2.47 bits per heavy atom. The number of hydrogen-bond acceptors (Lipinski definition) is 5. The molecule has 30 heavy (non-hydrogen) atoms. The van der Waals surface area contributed by atoms with Gasteiger partial charge in [0.15, 0.2) is 0 Å². The summed E-state index contributed by atoms with van der Waals surface area (Å²) in [6, 6.07) is 8.31. The van der Waals surface area contributed by atoms with Crippen LogP contribution in [0.1, 0.15) is 31.7 Å². The monoisotopic (exact) mass is 425 g/mol. The summed E-state index contributed by atoms with van der Waals surface area (Å²) in [4.78, 5) is 7.61. The summed E-state index contributed by atoms with van der Waals surface area (Å²) in [6.45, 7) is 6.44. The summed E-state index contributed by atoms with van der Waals surface area (Å²) in [5.74, 6) is 3.63. The van der Waals surface area contributed by atoms with Crippen LogP contribution in [0.2, 0.25) is 0 Å². The fraction of sp³-hybridized carbons (Fsp3) is 0.458. The van der Waals surface area contributed by atoms with Crippen LogP contribution in [0, 0.1) is 12.8 Å². The van der Waals surface area contributed by atoms with Gasteiger partial charge in [0.1, 0.15) is 28.0 Å². The molecule has 0 bridgehead atoms. The van der Waals surface area contributed by atoms with Crippen molar-refractivity contribution < 1.29 is 9.47 Å². The van der Waals surface area contributed by atoms with Crippen LogP contribution in [0.5, 0.6) is 11.5 Å². The van der Waals surface area contributed by atoms with E-state index < -0.39 is 0 Å². The largest absolute Gasteiger partial charge is 0.496 e. The van der Waals surface area contributed by atoms with Crippen LogP contribution in [0.15, 0.2) is 35.5 Å². The molecule has 1 saturated carbocycles. The van der Waals surface area contributed by atoms with Gasteiger partial charge in [0.05, 0.1) is 19.8 Å². The van der Waals surface area contributed by atoms with E-state index in [0.29, 0.717) is 0 Å². The third-order valence-electron chi connectivity index (χ3n) is 5.68. The van der Waals surface area contributed by atoms with E-state index in [9.17, 15) is 0 Å². The minimum atomic E-state index is 0.804. The molecule has 0 atom stereocenters. The smallest absolute Gasteiger partial charge is 0.147 e. The Balaban J connectivity index is 1.93. The minimum absolute atomic E-state index is 0.804. The molecule has 160 valence electrons. The van der Waals surface area contributed by atoms with Gasteiger partial charge in [-0.25, -0.2) is 4.98 Å². The lowest BCUT2D eigenvalue weighted by Gasteiger charge is -2.24. The van der Waals surface area contributed by atoms with Crippen molar-refractivity contribution in [3.05, 3.63) is 36.0 Å². The molecule has 1 fully saturated rings. The van der Waals surface area contributed by atoms with Gasteiger partial charge in [-0.05, 0) is 68.2 Å². The number of aryl methyl sites for hydroxylation is 1. The molecule has 0 spiro atoms. The molecule has 0 unspecified atom stereocenters. The van der Waals surface area contributed by atoms with E-state index in [1.807, 2.05) is 0 Å². The van der Waals surface area contributed by atoms with Gasteiger partial charge in [-0.2, -0.15) is 0 Å². The third kappa shape index (κ3) is 3.85. The van der Waals surface area contributed by atoms with Gasteiger partial charge in [0, 0.05) is 24.8 Å². The number of ether oxygens (including phenoxy) is 2. The van der Waals surface area contributed by atoms with Crippen molar-refractivity contribution in [1.29, 1.82) is 0 Å². The number of fused-ring (bicyclic) bond motifs is 1. The van der Waals surface area contributed by atoms with Gasteiger partial charge >= 0.3 is 0 Å². The van der Waals surface area contributed by atoms with Crippen LogP contribution >= 0.6 is 11.8 Å². The SMILES string of the molecule is CCCN(CC1CC1)c1c(SC)nc2c(-c3c(OC)cc(C)cc3OC)cccn12. The van der Waals surface area contributed by atoms with Crippen molar-refractivity contribution in [2.75, 3.05) is 38.5 Å². The maximum Gasteiger partial charge on any atom is 0.147 e. The van der Waals surface area contributed by atoms with Crippen LogP contribution in [-0.2, 0) is 0 Å². The maximum atomic E-state index is 5.75. The van der Waals surface area contributed by atoms with Crippen molar-refractivity contribution in [3.63, 3.8) is 0 Å². The number of thioether (sulfide) groups is 1. The van der Waals surface area contributed by atoms with E-state index in [4.69, 9.17) is 14.5 Å². The Kier molecular flexibility index (Phi) is 6.14. The van der Waals surface area contributed by atoms with E-state index in [2.05, 4.69) is 59.9 Å². The quantitative estimate of drug-likeness (QED) is 0.413. The highest BCUT2D eigenvalue weighted by atomic mass is 32.2. The Bertz CT molecular complexity index is 1020. The molecule has 2 aromatic heterocycles. The average Bonchev–Trinajstić information content (AvgIpc) is 3.49. The zero-order valence-corrected chi connectivity index (χ0v) is 19.4. The molecular formula is C24H31N3O2S. The number of aromatic nitrogens is 2. The lowest BCUT2D eigenvalue weighted by molar-refractivity contribution is 0.397. The first-order valence-electron chi connectivity index (χ1n) is 10.6. The van der Waals surface area contributed by atoms with Crippen LogP contribution in [-0.4, -0.2) is 42.9 Å². The minimum Gasteiger partial charge on any atom is -0.496 e. The van der Waals surface area contributed by atoms with Crippen LogP contribution in [0.4, 0.5) is 5.82 Å². The zero-order valence-electron chi connectivity index (χ0n) is 18.6. The lowest BCUT2D eigenvalue weighted by Crippen LogP contribution is -2.28. The van der Waals surface area contributed by atoms with Crippen molar-refractivity contribution in [3.8, 4) is 22.6 Å². The number of nitrogens with zero attached hydrogens (tertiary/aromatic N) is 3. The van der Waals surface area contributed by atoms with E-state index >= 15 is 0 Å². The predicted molar refractivity (Wildman–Crippen MR) is 125 cm³/mol. The van der Waals surface area contributed by atoms with E-state index in [1.165, 1.54) is 18.7 Å². The summed E-state index contributed by atoms with van der Waals surface area (Å²) in [6.07, 6.45) is 8.04. The number of methoxy groups -OCH3 is 2. The zero-order chi connectivity index (χ0) is 21.3. The molecular weight excluding hydrogens is 394 g/mol. The first-order chi connectivity index (χ1) is 14.6. The molecule has 5 nitrogen and oxygen atoms in total. The Labute approximate surface area is 183 Å². The standard InChI is InChI=1S/C24H31N3O2S/c1-6-11-26(15-17-9-10-17)24-23(30-5)25-22-18(8-7-12-27(22)24)21-19(28-3)13-16(2)14-20(21)29-4/h7-8,12-14,17H,6,9-11,15H2,1-5H3. The number of benzene rings is 1. The van der Waals surface area contributed by atoms with Gasteiger partial charge in [-0.3, -0.25) is 4.40 Å². The predicted octanol–water partition coefficient (Wildman–Crippen LogP) is 5.68. The summed E-state index contributed by atoms with van der Waals surface area (Å²) in [7, 11) is 3.42. The average molecular weight is 426 g/mol. The highest BCUT2D eigenvalue weighted by Crippen LogP contribution is 2.43. The second kappa shape index (κ2) is 8.80. The highest BCUT2D eigenvalue weighted by molar-refractivity contribution is 7.98. The van der Waals surface area contributed by atoms with Crippen molar-refractivity contribution in [1.82, 2.24) is 9.38 Å². The molecule has 0 saturated heterocycles. The van der Waals surface area contributed by atoms with E-state index in [-0.39, 0.29) is 0 Å². The maximum absolute atomic E-state index is 5.75. The molecule has 0 amide bonds. The fourth-order valence-electron chi connectivity index (χ4n) is 4.13. The molecule has 1 aliphatic carbocycles. The normalized spacial score (nSPS) is 13.6. The first kappa shape index (κ1) is 20.9. The second-order valence-electron chi connectivity index (χ2n) is 7.99. The molecule has 0 aliphatic heterocycles. The van der Waals surface area contributed by atoms with Crippen LogP contribution < -0.4 is 14.4 Å². The molecule has 0 radical (unpaired) electrons. The lowest BCUT2D eigenvalue weighted by atomic mass is 10.0. The van der Waals surface area contributed by atoms with Gasteiger partial charge < -0.3 is 14.4 Å². The summed E-state index contributed by atoms with van der Waals surface area (Å²) in [5.41, 5.74) is 4.02. The summed E-state index contributed by atoms with van der Waals surface area (Å²) in [5, 5.41) is 1.07. The molecule has 2 heterocycles. The summed E-state index contributed by atoms with van der Waals surface area (Å²) >= 11 is 1.71. The molecule has 1 aliphatic rings. The van der Waals surface area contributed by atoms with Gasteiger partial charge in [0.25, 0.3) is 0 Å². The first-order valence-corrected chi connectivity index (χ1v) is 11.9. The van der Waals surface area contributed by atoms with Crippen LogP contribution in [0.25, 0.3) is 16.8 Å². The Morgan fingerprint density at radius 1 is 1.20 bits per heavy atom. The van der Waals surface area contributed by atoms with Gasteiger partial charge in [-0.15, -0.1) is 11.8 Å². The van der Waals surface area contributed by atoms with E-state index in [1.54, 1.807) is 26.0 Å². The highest BCUT2D eigenvalue weighted by Gasteiger charge is 2.28. The number of hydrogen-bond donors (Lipinski definition) is 0. The fourth-order valence-corrected chi connectivity index (χ4v) is 4.72. The number of pyridine rings is 1. The second-order valence-corrected chi connectivity index (χ2v) is 8.79. The molecule has 4 rings (SSSR count). The Hall–Kier alpha value is -2.34. The van der Waals surface area contributed by atoms with Crippen molar-refractivity contribution in [2.45, 2.75) is 38.1 Å². The van der Waals surface area contributed by atoms with Gasteiger partial charge in [-0.1, -0.05) is 6.92 Å². The Morgan fingerprint density at radius 2 is 1.90 bits per heavy atom. The van der Waals surface area contributed by atoms with Crippen molar-refractivity contribution in [2.24, 2.45) is 5.92 Å². The van der Waals surface area contributed by atoms with Crippen LogP contribution in [0.3, 0.4) is 0 Å².